The van der Waals surface area contributed by atoms with Crippen LogP contribution >= 0.6 is 0 Å². The highest BCUT2D eigenvalue weighted by atomic mass is 16.5. The number of likely N-dealkylation sites (N-methyl/N-ethyl adjacent to an activating group) is 2. The van der Waals surface area contributed by atoms with Gasteiger partial charge >= 0.3 is 11.8 Å². The molecule has 0 aromatic heterocycles. The average molecular weight is 482 g/mol. The Labute approximate surface area is 207 Å². The minimum atomic E-state index is -0.718. The van der Waals surface area contributed by atoms with Gasteiger partial charge in [-0.1, -0.05) is 12.1 Å². The summed E-state index contributed by atoms with van der Waals surface area (Å²) in [6.45, 7) is 5.13. The van der Waals surface area contributed by atoms with Crippen molar-refractivity contribution < 1.29 is 19.1 Å². The quantitative estimate of drug-likeness (QED) is 0.583. The van der Waals surface area contributed by atoms with E-state index in [2.05, 4.69) is 57.6 Å². The minimum Gasteiger partial charge on any atom is -0.493 e. The first kappa shape index (κ1) is 24.8. The lowest BCUT2D eigenvalue weighted by Crippen LogP contribution is -2.49. The van der Waals surface area contributed by atoms with Gasteiger partial charge in [-0.15, -0.1) is 0 Å². The van der Waals surface area contributed by atoms with Gasteiger partial charge in [0.1, 0.15) is 0 Å². The SMILES string of the molecule is COc1ccc(NC(=O)C(=O)NC[C@H](c2ccc3c(c2)CCN3C)N2CCN(C)CC2)cc1OC. The van der Waals surface area contributed by atoms with Crippen molar-refractivity contribution in [3.63, 3.8) is 0 Å². The zero-order chi connectivity index (χ0) is 24.9. The fourth-order valence-electron chi connectivity index (χ4n) is 4.76. The molecule has 1 atom stereocenters. The molecule has 9 heteroatoms. The Bertz CT molecular complexity index is 1070. The molecule has 1 fully saturated rings. The molecule has 2 aromatic rings. The van der Waals surface area contributed by atoms with Gasteiger partial charge in [-0.25, -0.2) is 0 Å². The van der Waals surface area contributed by atoms with E-state index in [1.165, 1.54) is 23.9 Å². The molecule has 1 saturated heterocycles. The van der Waals surface area contributed by atoms with Crippen LogP contribution in [0.3, 0.4) is 0 Å². The molecule has 0 spiro atoms. The van der Waals surface area contributed by atoms with Gasteiger partial charge in [0.15, 0.2) is 11.5 Å². The molecule has 4 rings (SSSR count). The molecule has 2 amide bonds. The number of hydrogen-bond donors (Lipinski definition) is 2. The zero-order valence-corrected chi connectivity index (χ0v) is 21.0. The topological polar surface area (TPSA) is 86.4 Å². The third kappa shape index (κ3) is 5.68. The molecule has 0 aliphatic carbocycles. The number of nitrogens with one attached hydrogen (secondary N) is 2. The van der Waals surface area contributed by atoms with E-state index in [0.29, 0.717) is 23.7 Å². The maximum atomic E-state index is 12.7. The van der Waals surface area contributed by atoms with E-state index < -0.39 is 11.8 Å². The number of rotatable bonds is 7. The van der Waals surface area contributed by atoms with Crippen LogP contribution in [0.1, 0.15) is 17.2 Å². The Morgan fingerprint density at radius 2 is 1.66 bits per heavy atom. The van der Waals surface area contributed by atoms with Gasteiger partial charge in [0.2, 0.25) is 0 Å². The monoisotopic (exact) mass is 481 g/mol. The van der Waals surface area contributed by atoms with Crippen LogP contribution in [0.15, 0.2) is 36.4 Å². The van der Waals surface area contributed by atoms with Crippen LogP contribution in [0.4, 0.5) is 11.4 Å². The highest BCUT2D eigenvalue weighted by molar-refractivity contribution is 6.39. The van der Waals surface area contributed by atoms with Crippen LogP contribution in [-0.2, 0) is 16.0 Å². The second kappa shape index (κ2) is 11.0. The lowest BCUT2D eigenvalue weighted by atomic mass is 10.00. The Kier molecular flexibility index (Phi) is 7.77. The van der Waals surface area contributed by atoms with Crippen molar-refractivity contribution in [1.29, 1.82) is 0 Å². The van der Waals surface area contributed by atoms with E-state index in [0.717, 1.165) is 39.1 Å². The van der Waals surface area contributed by atoms with Crippen LogP contribution < -0.4 is 25.0 Å². The molecule has 2 N–H and O–H groups in total. The predicted molar refractivity (Wildman–Crippen MR) is 136 cm³/mol. The van der Waals surface area contributed by atoms with Gasteiger partial charge in [0.05, 0.1) is 20.3 Å². The fourth-order valence-corrected chi connectivity index (χ4v) is 4.76. The molecule has 0 radical (unpaired) electrons. The van der Waals surface area contributed by atoms with E-state index in [1.54, 1.807) is 25.3 Å². The summed E-state index contributed by atoms with van der Waals surface area (Å²) in [5.74, 6) is -0.363. The Balaban J connectivity index is 1.44. The maximum absolute atomic E-state index is 12.7. The number of benzene rings is 2. The molecule has 188 valence electrons. The molecule has 2 aromatic carbocycles. The summed E-state index contributed by atoms with van der Waals surface area (Å²) in [7, 11) is 7.30. The average Bonchev–Trinajstić information content (AvgIpc) is 3.24. The van der Waals surface area contributed by atoms with Gasteiger partial charge in [0, 0.05) is 63.8 Å². The largest absolute Gasteiger partial charge is 0.493 e. The van der Waals surface area contributed by atoms with Crippen molar-refractivity contribution in [3.8, 4) is 11.5 Å². The van der Waals surface area contributed by atoms with Crippen molar-refractivity contribution in [2.45, 2.75) is 12.5 Å². The molecule has 9 nitrogen and oxygen atoms in total. The van der Waals surface area contributed by atoms with Crippen molar-refractivity contribution >= 4 is 23.2 Å². The van der Waals surface area contributed by atoms with Gasteiger partial charge < -0.3 is 29.9 Å². The molecule has 2 heterocycles. The third-order valence-electron chi connectivity index (χ3n) is 6.90. The molecule has 0 unspecified atom stereocenters. The number of carbonyl (C=O) groups is 2. The fraction of sp³-hybridized carbons (Fsp3) is 0.462. The number of ether oxygens (including phenoxy) is 2. The van der Waals surface area contributed by atoms with E-state index in [-0.39, 0.29) is 6.04 Å². The summed E-state index contributed by atoms with van der Waals surface area (Å²) in [5, 5.41) is 5.51. The molecule has 0 saturated carbocycles. The number of methoxy groups -OCH3 is 2. The van der Waals surface area contributed by atoms with Gasteiger partial charge in [0.25, 0.3) is 0 Å². The van der Waals surface area contributed by atoms with Crippen LogP contribution in [0.2, 0.25) is 0 Å². The van der Waals surface area contributed by atoms with E-state index in [1.807, 2.05) is 0 Å². The first-order valence-electron chi connectivity index (χ1n) is 12.0. The standard InChI is InChI=1S/C26H35N5O4/c1-29-11-13-31(14-12-29)22(18-5-7-21-19(15-18)9-10-30(21)2)17-27-25(32)26(33)28-20-6-8-23(34-3)24(16-20)35-4/h5-8,15-16,22H,9-14,17H2,1-4H3,(H,27,32)(H,28,33)/t22-/m1/s1. The predicted octanol–water partition coefficient (Wildman–Crippen LogP) is 1.74. The molecule has 2 aliphatic rings. The second-order valence-corrected chi connectivity index (χ2v) is 9.15. The van der Waals surface area contributed by atoms with Gasteiger partial charge in [-0.2, -0.15) is 0 Å². The van der Waals surface area contributed by atoms with Crippen molar-refractivity contribution in [2.24, 2.45) is 0 Å². The van der Waals surface area contributed by atoms with Crippen LogP contribution in [0.5, 0.6) is 11.5 Å². The number of anilines is 2. The highest BCUT2D eigenvalue weighted by Gasteiger charge is 2.27. The summed E-state index contributed by atoms with van der Waals surface area (Å²) in [5.41, 5.74) is 4.23. The Hall–Kier alpha value is -3.30. The number of carbonyl (C=O) groups excluding carboxylic acids is 2. The summed E-state index contributed by atoms with van der Waals surface area (Å²) in [6, 6.07) is 11.6. The van der Waals surface area contributed by atoms with Crippen LogP contribution in [0.25, 0.3) is 0 Å². The number of nitrogens with zero attached hydrogens (tertiary/aromatic N) is 3. The lowest BCUT2D eigenvalue weighted by Gasteiger charge is -2.38. The van der Waals surface area contributed by atoms with Gasteiger partial charge in [-0.3, -0.25) is 14.5 Å². The van der Waals surface area contributed by atoms with Crippen LogP contribution in [-0.4, -0.2) is 89.2 Å². The third-order valence-corrected chi connectivity index (χ3v) is 6.90. The molecular formula is C26H35N5O4. The highest BCUT2D eigenvalue weighted by Crippen LogP contribution is 2.32. The second-order valence-electron chi connectivity index (χ2n) is 9.15. The van der Waals surface area contributed by atoms with E-state index in [4.69, 9.17) is 9.47 Å². The van der Waals surface area contributed by atoms with E-state index in [9.17, 15) is 9.59 Å². The van der Waals surface area contributed by atoms with Gasteiger partial charge in [-0.05, 0) is 42.8 Å². The van der Waals surface area contributed by atoms with Crippen LogP contribution in [0, 0.1) is 0 Å². The number of piperazine rings is 1. The van der Waals surface area contributed by atoms with Crippen molar-refractivity contribution in [2.75, 3.05) is 77.8 Å². The first-order chi connectivity index (χ1) is 16.9. The number of amides is 2. The summed E-state index contributed by atoms with van der Waals surface area (Å²) in [4.78, 5) is 32.3. The normalized spacial score (nSPS) is 17.0. The van der Waals surface area contributed by atoms with Crippen molar-refractivity contribution in [3.05, 3.63) is 47.5 Å². The zero-order valence-electron chi connectivity index (χ0n) is 21.0. The van der Waals surface area contributed by atoms with E-state index >= 15 is 0 Å². The Morgan fingerprint density at radius 1 is 0.914 bits per heavy atom. The maximum Gasteiger partial charge on any atom is 0.313 e. The van der Waals surface area contributed by atoms with Crippen molar-refractivity contribution in [1.82, 2.24) is 15.1 Å². The lowest BCUT2D eigenvalue weighted by molar-refractivity contribution is -0.136. The molecule has 35 heavy (non-hydrogen) atoms. The Morgan fingerprint density at radius 3 is 2.37 bits per heavy atom. The summed E-state index contributed by atoms with van der Waals surface area (Å²) >= 11 is 0. The molecule has 0 bridgehead atoms. The number of fused-ring (bicyclic) bond motifs is 1. The summed E-state index contributed by atoms with van der Waals surface area (Å²) in [6.07, 6.45) is 1.02. The number of hydrogen-bond acceptors (Lipinski definition) is 7. The smallest absolute Gasteiger partial charge is 0.313 e. The molecule has 2 aliphatic heterocycles. The molecular weight excluding hydrogens is 446 g/mol. The minimum absolute atomic E-state index is 0.00210. The summed E-state index contributed by atoms with van der Waals surface area (Å²) < 4.78 is 10.5. The first-order valence-corrected chi connectivity index (χ1v) is 12.0.